The van der Waals surface area contributed by atoms with Gasteiger partial charge in [-0.2, -0.15) is 0 Å². The van der Waals surface area contributed by atoms with Crippen LogP contribution in [0.5, 0.6) is 0 Å². The minimum atomic E-state index is -0.681. The van der Waals surface area contributed by atoms with Crippen molar-refractivity contribution in [2.24, 2.45) is 0 Å². The van der Waals surface area contributed by atoms with Gasteiger partial charge in [0.2, 0.25) is 0 Å². The van der Waals surface area contributed by atoms with Crippen LogP contribution < -0.4 is 5.32 Å². The summed E-state index contributed by atoms with van der Waals surface area (Å²) in [6.45, 7) is 2.13. The number of carbonyl (C=O) groups is 2. The number of methoxy groups -OCH3 is 1. The lowest BCUT2D eigenvalue weighted by atomic mass is 10.1. The minimum Gasteiger partial charge on any atom is -0.444 e. The van der Waals surface area contributed by atoms with Crippen molar-refractivity contribution in [3.63, 3.8) is 0 Å². The quantitative estimate of drug-likeness (QED) is 0.767. The van der Waals surface area contributed by atoms with E-state index in [1.807, 2.05) is 30.3 Å². The predicted molar refractivity (Wildman–Crippen MR) is 92.1 cm³/mol. The molecule has 2 rings (SSSR count). The van der Waals surface area contributed by atoms with Gasteiger partial charge in [-0.25, -0.2) is 9.69 Å². The molecule has 1 N–H and O–H groups in total. The van der Waals surface area contributed by atoms with E-state index in [0.717, 1.165) is 36.4 Å². The van der Waals surface area contributed by atoms with E-state index in [1.165, 1.54) is 7.11 Å². The molecule has 0 atom stereocenters. The number of nitrogens with one attached hydrogen (secondary N) is 1. The van der Waals surface area contributed by atoms with E-state index in [2.05, 4.69) is 5.32 Å². The van der Waals surface area contributed by atoms with E-state index >= 15 is 0 Å². The topological polar surface area (TPSA) is 77.1 Å². The first-order valence-corrected chi connectivity index (χ1v) is 8.53. The molecule has 25 heavy (non-hydrogen) atoms. The molecule has 1 heterocycles. The summed E-state index contributed by atoms with van der Waals surface area (Å²) >= 11 is 0. The fourth-order valence-electron chi connectivity index (χ4n) is 2.53. The highest BCUT2D eigenvalue weighted by molar-refractivity contribution is 5.92. The van der Waals surface area contributed by atoms with Crippen LogP contribution in [0.4, 0.5) is 4.79 Å². The molecule has 0 radical (unpaired) electrons. The van der Waals surface area contributed by atoms with Gasteiger partial charge in [0.1, 0.15) is 13.2 Å². The van der Waals surface area contributed by atoms with Crippen molar-refractivity contribution in [2.45, 2.75) is 25.6 Å². The fraction of sp³-hybridized carbons (Fsp3) is 0.556. The Bertz CT molecular complexity index is 532. The Morgan fingerprint density at radius 3 is 2.60 bits per heavy atom. The van der Waals surface area contributed by atoms with E-state index < -0.39 is 12.0 Å². The van der Waals surface area contributed by atoms with Gasteiger partial charge in [-0.05, 0) is 31.5 Å². The van der Waals surface area contributed by atoms with Gasteiger partial charge in [-0.1, -0.05) is 30.3 Å². The number of benzene rings is 1. The van der Waals surface area contributed by atoms with Gasteiger partial charge in [0.25, 0.3) is 5.91 Å². The average Bonchev–Trinajstić information content (AvgIpc) is 2.66. The average molecular weight is 350 g/mol. The van der Waals surface area contributed by atoms with E-state index in [0.29, 0.717) is 0 Å². The Labute approximate surface area is 148 Å². The Balaban J connectivity index is 1.84. The molecule has 0 unspecified atom stereocenters. The van der Waals surface area contributed by atoms with Crippen molar-refractivity contribution in [3.8, 4) is 0 Å². The molecule has 138 valence electrons. The van der Waals surface area contributed by atoms with Crippen LogP contribution in [0.25, 0.3) is 0 Å². The largest absolute Gasteiger partial charge is 0.444 e. The molecule has 0 aromatic heterocycles. The molecule has 0 spiro atoms. The molecule has 1 aliphatic heterocycles. The van der Waals surface area contributed by atoms with Gasteiger partial charge in [0.05, 0.1) is 19.3 Å². The standard InChI is InChI=1S/C18H26N2O5/c1-23-12-11-20(17(21)14-24-16-7-9-19-10-8-16)18(22)25-13-15-5-3-2-4-6-15/h2-6,16,19H,7-14H2,1H3. The van der Waals surface area contributed by atoms with Gasteiger partial charge < -0.3 is 19.5 Å². The van der Waals surface area contributed by atoms with Crippen LogP contribution in [-0.2, 0) is 25.6 Å². The van der Waals surface area contributed by atoms with Crippen LogP contribution in [0.2, 0.25) is 0 Å². The number of rotatable bonds is 8. The number of hydrogen-bond acceptors (Lipinski definition) is 6. The smallest absolute Gasteiger partial charge is 0.417 e. The van der Waals surface area contributed by atoms with Crippen molar-refractivity contribution < 1.29 is 23.8 Å². The highest BCUT2D eigenvalue weighted by Crippen LogP contribution is 2.09. The summed E-state index contributed by atoms with van der Waals surface area (Å²) in [5.41, 5.74) is 0.862. The second-order valence-electron chi connectivity index (χ2n) is 5.84. The van der Waals surface area contributed by atoms with Crippen molar-refractivity contribution in [2.75, 3.05) is 40.0 Å². The van der Waals surface area contributed by atoms with Crippen LogP contribution in [0, 0.1) is 0 Å². The lowest BCUT2D eigenvalue weighted by Crippen LogP contribution is -2.43. The molecule has 7 heteroatoms. The molecule has 7 nitrogen and oxygen atoms in total. The van der Waals surface area contributed by atoms with Crippen molar-refractivity contribution in [1.29, 1.82) is 0 Å². The van der Waals surface area contributed by atoms with Gasteiger partial charge >= 0.3 is 6.09 Å². The first kappa shape index (κ1) is 19.4. The summed E-state index contributed by atoms with van der Waals surface area (Å²) in [5.74, 6) is -0.409. The van der Waals surface area contributed by atoms with Gasteiger partial charge in [-0.15, -0.1) is 0 Å². The molecule has 0 bridgehead atoms. The SMILES string of the molecule is COCCN(C(=O)COC1CCNCC1)C(=O)OCc1ccccc1. The highest BCUT2D eigenvalue weighted by atomic mass is 16.6. The molecular weight excluding hydrogens is 324 g/mol. The Hall–Kier alpha value is -1.96. The highest BCUT2D eigenvalue weighted by Gasteiger charge is 2.24. The first-order chi connectivity index (χ1) is 12.2. The molecule has 1 aromatic rings. The zero-order valence-corrected chi connectivity index (χ0v) is 14.6. The predicted octanol–water partition coefficient (Wildman–Crippen LogP) is 1.57. The van der Waals surface area contributed by atoms with Gasteiger partial charge in [0, 0.05) is 7.11 Å². The van der Waals surface area contributed by atoms with Gasteiger partial charge in [-0.3, -0.25) is 4.79 Å². The Morgan fingerprint density at radius 2 is 1.92 bits per heavy atom. The molecular formula is C18H26N2O5. The van der Waals surface area contributed by atoms with E-state index in [-0.39, 0.29) is 32.5 Å². The molecule has 1 aromatic carbocycles. The van der Waals surface area contributed by atoms with Crippen LogP contribution in [0.3, 0.4) is 0 Å². The fourth-order valence-corrected chi connectivity index (χ4v) is 2.53. The second-order valence-corrected chi connectivity index (χ2v) is 5.84. The third-order valence-corrected chi connectivity index (χ3v) is 3.97. The number of nitrogens with zero attached hydrogens (tertiary/aromatic N) is 1. The van der Waals surface area contributed by atoms with Gasteiger partial charge in [0.15, 0.2) is 0 Å². The maximum absolute atomic E-state index is 12.4. The molecule has 1 fully saturated rings. The second kappa shape index (κ2) is 10.8. The number of imide groups is 1. The molecule has 0 saturated carbocycles. The van der Waals surface area contributed by atoms with Crippen LogP contribution in [0.1, 0.15) is 18.4 Å². The minimum absolute atomic E-state index is 0.0508. The number of carbonyl (C=O) groups excluding carboxylic acids is 2. The van der Waals surface area contributed by atoms with Crippen LogP contribution >= 0.6 is 0 Å². The molecule has 1 aliphatic rings. The number of amides is 2. The lowest BCUT2D eigenvalue weighted by Gasteiger charge is -2.25. The van der Waals surface area contributed by atoms with E-state index in [4.69, 9.17) is 14.2 Å². The Morgan fingerprint density at radius 1 is 1.20 bits per heavy atom. The summed E-state index contributed by atoms with van der Waals surface area (Å²) in [5, 5.41) is 3.24. The van der Waals surface area contributed by atoms with E-state index in [9.17, 15) is 9.59 Å². The summed E-state index contributed by atoms with van der Waals surface area (Å²) in [6, 6.07) is 9.33. The summed E-state index contributed by atoms with van der Waals surface area (Å²) in [6.07, 6.45) is 1.10. The number of piperidine rings is 1. The first-order valence-electron chi connectivity index (χ1n) is 8.53. The normalized spacial score (nSPS) is 14.9. The molecule has 2 amide bonds. The van der Waals surface area contributed by atoms with Crippen LogP contribution in [0.15, 0.2) is 30.3 Å². The monoisotopic (exact) mass is 350 g/mol. The number of ether oxygens (including phenoxy) is 3. The van der Waals surface area contributed by atoms with Crippen molar-refractivity contribution in [1.82, 2.24) is 10.2 Å². The van der Waals surface area contributed by atoms with Crippen molar-refractivity contribution >= 4 is 12.0 Å². The van der Waals surface area contributed by atoms with Crippen molar-refractivity contribution in [3.05, 3.63) is 35.9 Å². The zero-order chi connectivity index (χ0) is 17.9. The third kappa shape index (κ3) is 6.81. The Kier molecular flexibility index (Phi) is 8.38. The maximum Gasteiger partial charge on any atom is 0.417 e. The maximum atomic E-state index is 12.4. The zero-order valence-electron chi connectivity index (χ0n) is 14.6. The molecule has 1 saturated heterocycles. The summed E-state index contributed by atoms with van der Waals surface area (Å²) < 4.78 is 15.9. The van der Waals surface area contributed by atoms with E-state index in [1.54, 1.807) is 0 Å². The number of hydrogen-bond donors (Lipinski definition) is 1. The third-order valence-electron chi connectivity index (χ3n) is 3.97. The lowest BCUT2D eigenvalue weighted by molar-refractivity contribution is -0.137. The molecule has 0 aliphatic carbocycles. The summed E-state index contributed by atoms with van der Waals surface area (Å²) in [7, 11) is 1.52. The summed E-state index contributed by atoms with van der Waals surface area (Å²) in [4.78, 5) is 25.7. The van der Waals surface area contributed by atoms with Crippen LogP contribution in [-0.4, -0.2) is 63.0 Å².